The summed E-state index contributed by atoms with van der Waals surface area (Å²) < 4.78 is 23.1. The highest BCUT2D eigenvalue weighted by Gasteiger charge is 2.32. The molecule has 1 aliphatic heterocycles. The SMILES string of the molecule is COC(=O)C1CCN(C(=O)c2ccc(OC)c(F)c2)C1. The van der Waals surface area contributed by atoms with Crippen molar-refractivity contribution in [1.82, 2.24) is 4.90 Å². The number of hydrogen-bond donors (Lipinski definition) is 0. The van der Waals surface area contributed by atoms with Gasteiger partial charge in [-0.15, -0.1) is 0 Å². The lowest BCUT2D eigenvalue weighted by atomic mass is 10.1. The summed E-state index contributed by atoms with van der Waals surface area (Å²) in [6.07, 6.45) is 0.567. The first-order chi connectivity index (χ1) is 9.56. The van der Waals surface area contributed by atoms with Crippen LogP contribution in [0.2, 0.25) is 0 Å². The summed E-state index contributed by atoms with van der Waals surface area (Å²) in [5, 5.41) is 0. The molecule has 1 heterocycles. The number of methoxy groups -OCH3 is 2. The van der Waals surface area contributed by atoms with Gasteiger partial charge in [-0.3, -0.25) is 9.59 Å². The lowest BCUT2D eigenvalue weighted by Gasteiger charge is -2.16. The maximum absolute atomic E-state index is 13.6. The molecule has 1 saturated heterocycles. The molecule has 0 N–H and O–H groups in total. The average molecular weight is 281 g/mol. The smallest absolute Gasteiger partial charge is 0.310 e. The van der Waals surface area contributed by atoms with Gasteiger partial charge in [-0.2, -0.15) is 0 Å². The van der Waals surface area contributed by atoms with E-state index in [2.05, 4.69) is 4.74 Å². The lowest BCUT2D eigenvalue weighted by molar-refractivity contribution is -0.144. The number of ether oxygens (including phenoxy) is 2. The molecule has 20 heavy (non-hydrogen) atoms. The fourth-order valence-electron chi connectivity index (χ4n) is 2.29. The first-order valence-electron chi connectivity index (χ1n) is 6.27. The molecule has 1 aromatic rings. The van der Waals surface area contributed by atoms with Gasteiger partial charge in [0.2, 0.25) is 0 Å². The predicted octanol–water partition coefficient (Wildman–Crippen LogP) is 1.47. The van der Waals surface area contributed by atoms with E-state index in [-0.39, 0.29) is 29.1 Å². The Morgan fingerprint density at radius 1 is 1.35 bits per heavy atom. The molecule has 0 radical (unpaired) electrons. The van der Waals surface area contributed by atoms with Crippen molar-refractivity contribution in [3.8, 4) is 5.75 Å². The molecule has 1 aromatic carbocycles. The molecular weight excluding hydrogens is 265 g/mol. The molecule has 1 atom stereocenters. The molecule has 0 aromatic heterocycles. The Bertz CT molecular complexity index is 532. The summed E-state index contributed by atoms with van der Waals surface area (Å²) in [5.74, 6) is -1.40. The molecule has 2 rings (SSSR count). The topological polar surface area (TPSA) is 55.8 Å². The second-order valence-corrected chi connectivity index (χ2v) is 4.61. The van der Waals surface area contributed by atoms with Crippen LogP contribution in [0.5, 0.6) is 5.75 Å². The van der Waals surface area contributed by atoms with Crippen LogP contribution in [0.4, 0.5) is 4.39 Å². The van der Waals surface area contributed by atoms with Crippen LogP contribution in [0.15, 0.2) is 18.2 Å². The van der Waals surface area contributed by atoms with Gasteiger partial charge in [-0.25, -0.2) is 4.39 Å². The van der Waals surface area contributed by atoms with Crippen LogP contribution in [-0.4, -0.2) is 44.1 Å². The van der Waals surface area contributed by atoms with Gasteiger partial charge in [0.1, 0.15) is 0 Å². The summed E-state index contributed by atoms with van der Waals surface area (Å²) in [6.45, 7) is 0.769. The standard InChI is InChI=1S/C14H16FNO4/c1-19-12-4-3-9(7-11(12)15)13(17)16-6-5-10(8-16)14(18)20-2/h3-4,7,10H,5-6,8H2,1-2H3. The molecular formula is C14H16FNO4. The van der Waals surface area contributed by atoms with Crippen molar-refractivity contribution in [3.63, 3.8) is 0 Å². The molecule has 0 spiro atoms. The van der Waals surface area contributed by atoms with Gasteiger partial charge in [0, 0.05) is 18.7 Å². The Morgan fingerprint density at radius 2 is 2.10 bits per heavy atom. The summed E-state index contributed by atoms with van der Waals surface area (Å²) in [4.78, 5) is 25.2. The average Bonchev–Trinajstić information content (AvgIpc) is 2.95. The van der Waals surface area contributed by atoms with E-state index in [1.165, 1.54) is 31.3 Å². The minimum absolute atomic E-state index is 0.0930. The van der Waals surface area contributed by atoms with Crippen molar-refractivity contribution < 1.29 is 23.5 Å². The first kappa shape index (κ1) is 14.3. The second kappa shape index (κ2) is 5.90. The number of esters is 1. The summed E-state index contributed by atoms with van der Waals surface area (Å²) in [5.41, 5.74) is 0.244. The third kappa shape index (κ3) is 2.74. The molecule has 5 nitrogen and oxygen atoms in total. The van der Waals surface area contributed by atoms with Gasteiger partial charge in [-0.05, 0) is 24.6 Å². The van der Waals surface area contributed by atoms with Crippen LogP contribution in [-0.2, 0) is 9.53 Å². The van der Waals surface area contributed by atoms with Gasteiger partial charge in [0.25, 0.3) is 5.91 Å². The van der Waals surface area contributed by atoms with E-state index in [0.717, 1.165) is 6.07 Å². The minimum atomic E-state index is -0.581. The predicted molar refractivity (Wildman–Crippen MR) is 69.0 cm³/mol. The zero-order chi connectivity index (χ0) is 14.7. The summed E-state index contributed by atoms with van der Waals surface area (Å²) in [7, 11) is 2.69. The number of likely N-dealkylation sites (tertiary alicyclic amines) is 1. The molecule has 108 valence electrons. The Hall–Kier alpha value is -2.11. The Balaban J connectivity index is 2.09. The molecule has 1 unspecified atom stereocenters. The van der Waals surface area contributed by atoms with Crippen molar-refractivity contribution in [2.45, 2.75) is 6.42 Å². The third-order valence-electron chi connectivity index (χ3n) is 3.41. The van der Waals surface area contributed by atoms with Gasteiger partial charge in [-0.1, -0.05) is 0 Å². The quantitative estimate of drug-likeness (QED) is 0.787. The number of rotatable bonds is 3. The molecule has 0 saturated carbocycles. The van der Waals surface area contributed by atoms with Crippen LogP contribution in [0.3, 0.4) is 0 Å². The van der Waals surface area contributed by atoms with E-state index in [1.807, 2.05) is 0 Å². The summed E-state index contributed by atoms with van der Waals surface area (Å²) >= 11 is 0. The van der Waals surface area contributed by atoms with Crippen molar-refractivity contribution in [3.05, 3.63) is 29.6 Å². The second-order valence-electron chi connectivity index (χ2n) is 4.61. The van der Waals surface area contributed by atoms with Crippen molar-refractivity contribution in [2.75, 3.05) is 27.3 Å². The van der Waals surface area contributed by atoms with Crippen LogP contribution in [0.25, 0.3) is 0 Å². The lowest BCUT2D eigenvalue weighted by Crippen LogP contribution is -2.30. The Labute approximate surface area is 116 Å². The highest BCUT2D eigenvalue weighted by Crippen LogP contribution is 2.22. The monoisotopic (exact) mass is 281 g/mol. The zero-order valence-electron chi connectivity index (χ0n) is 11.4. The number of amides is 1. The molecule has 6 heteroatoms. The number of hydrogen-bond acceptors (Lipinski definition) is 4. The maximum Gasteiger partial charge on any atom is 0.310 e. The van der Waals surface area contributed by atoms with Crippen LogP contribution in [0, 0.1) is 11.7 Å². The van der Waals surface area contributed by atoms with E-state index in [4.69, 9.17) is 4.74 Å². The molecule has 1 fully saturated rings. The van der Waals surface area contributed by atoms with Gasteiger partial charge in [0.15, 0.2) is 11.6 Å². The van der Waals surface area contributed by atoms with Crippen molar-refractivity contribution in [1.29, 1.82) is 0 Å². The van der Waals surface area contributed by atoms with E-state index in [9.17, 15) is 14.0 Å². The molecule has 0 bridgehead atoms. The number of carbonyl (C=O) groups excluding carboxylic acids is 2. The maximum atomic E-state index is 13.6. The highest BCUT2D eigenvalue weighted by atomic mass is 19.1. The van der Waals surface area contributed by atoms with E-state index >= 15 is 0 Å². The number of carbonyl (C=O) groups is 2. The van der Waals surface area contributed by atoms with E-state index in [1.54, 1.807) is 0 Å². The van der Waals surface area contributed by atoms with Gasteiger partial charge < -0.3 is 14.4 Å². The zero-order valence-corrected chi connectivity index (χ0v) is 11.4. The van der Waals surface area contributed by atoms with E-state index in [0.29, 0.717) is 19.5 Å². The van der Waals surface area contributed by atoms with Crippen LogP contribution >= 0.6 is 0 Å². The normalized spacial score (nSPS) is 17.9. The molecule has 0 aliphatic carbocycles. The Morgan fingerprint density at radius 3 is 2.70 bits per heavy atom. The minimum Gasteiger partial charge on any atom is -0.494 e. The Kier molecular flexibility index (Phi) is 4.22. The van der Waals surface area contributed by atoms with Gasteiger partial charge in [0.05, 0.1) is 20.1 Å². The van der Waals surface area contributed by atoms with Crippen LogP contribution in [0.1, 0.15) is 16.8 Å². The third-order valence-corrected chi connectivity index (χ3v) is 3.41. The number of nitrogens with zero attached hydrogens (tertiary/aromatic N) is 1. The number of benzene rings is 1. The van der Waals surface area contributed by atoms with Gasteiger partial charge >= 0.3 is 5.97 Å². The fraction of sp³-hybridized carbons (Fsp3) is 0.429. The first-order valence-corrected chi connectivity index (χ1v) is 6.27. The highest BCUT2D eigenvalue weighted by molar-refractivity contribution is 5.95. The molecule has 1 amide bonds. The largest absolute Gasteiger partial charge is 0.494 e. The van der Waals surface area contributed by atoms with Crippen molar-refractivity contribution >= 4 is 11.9 Å². The number of halogens is 1. The van der Waals surface area contributed by atoms with Crippen molar-refractivity contribution in [2.24, 2.45) is 5.92 Å². The van der Waals surface area contributed by atoms with Crippen LogP contribution < -0.4 is 4.74 Å². The molecule has 1 aliphatic rings. The summed E-state index contributed by atoms with van der Waals surface area (Å²) in [6, 6.07) is 4.07. The van der Waals surface area contributed by atoms with E-state index < -0.39 is 5.82 Å². The fourth-order valence-corrected chi connectivity index (χ4v) is 2.29.